The first-order valence-electron chi connectivity index (χ1n) is 4.86. The normalized spacial score (nSPS) is 10.4. The third kappa shape index (κ3) is 2.56. The maximum Gasteiger partial charge on any atom is 0.160 e. The number of hydrogen-bond donors (Lipinski definition) is 0. The third-order valence-electron chi connectivity index (χ3n) is 2.12. The van der Waals surface area contributed by atoms with Crippen LogP contribution in [-0.2, 0) is 11.3 Å². The molecule has 0 unspecified atom stereocenters. The molecule has 0 bridgehead atoms. The van der Waals surface area contributed by atoms with Crippen LogP contribution in [0.4, 0.5) is 0 Å². The highest BCUT2D eigenvalue weighted by molar-refractivity contribution is 6.29. The summed E-state index contributed by atoms with van der Waals surface area (Å²) in [5, 5.41) is 0.446. The Morgan fingerprint density at radius 1 is 1.31 bits per heavy atom. The fourth-order valence-corrected chi connectivity index (χ4v) is 1.58. The van der Waals surface area contributed by atoms with E-state index in [1.165, 1.54) is 0 Å². The summed E-state index contributed by atoms with van der Waals surface area (Å²) in [7, 11) is 1.67. The number of methoxy groups -OCH3 is 1. The van der Waals surface area contributed by atoms with Crippen LogP contribution in [0, 0.1) is 0 Å². The van der Waals surface area contributed by atoms with Crippen molar-refractivity contribution < 1.29 is 4.74 Å². The molecule has 0 atom stereocenters. The number of benzene rings is 1. The molecule has 2 aromatic rings. The lowest BCUT2D eigenvalue weighted by Gasteiger charge is -2.03. The van der Waals surface area contributed by atoms with Crippen molar-refractivity contribution in [3.8, 4) is 11.4 Å². The van der Waals surface area contributed by atoms with Crippen molar-refractivity contribution in [3.05, 3.63) is 47.2 Å². The van der Waals surface area contributed by atoms with Gasteiger partial charge in [0.25, 0.3) is 0 Å². The minimum absolute atomic E-state index is 0.446. The van der Waals surface area contributed by atoms with Crippen molar-refractivity contribution in [2.24, 2.45) is 0 Å². The summed E-state index contributed by atoms with van der Waals surface area (Å²) in [5.41, 5.74) is 2.03. The van der Waals surface area contributed by atoms with E-state index in [2.05, 4.69) is 9.97 Å². The minimum Gasteiger partial charge on any atom is -0.380 e. The number of ether oxygens (including phenoxy) is 1. The highest BCUT2D eigenvalue weighted by Crippen LogP contribution is 2.18. The van der Waals surface area contributed by atoms with Crippen LogP contribution in [0.15, 0.2) is 36.5 Å². The van der Waals surface area contributed by atoms with Gasteiger partial charge in [-0.1, -0.05) is 29.8 Å². The molecule has 4 heteroatoms. The number of halogens is 1. The lowest BCUT2D eigenvalue weighted by Crippen LogP contribution is -1.91. The van der Waals surface area contributed by atoms with Crippen LogP contribution in [0.25, 0.3) is 11.4 Å². The molecule has 0 fully saturated rings. The van der Waals surface area contributed by atoms with Gasteiger partial charge in [0.1, 0.15) is 5.15 Å². The lowest BCUT2D eigenvalue weighted by molar-refractivity contribution is 0.185. The Bertz CT molecular complexity index is 488. The molecule has 2 rings (SSSR count). The molecule has 0 N–H and O–H groups in total. The van der Waals surface area contributed by atoms with Crippen LogP contribution in [0.3, 0.4) is 0 Å². The van der Waals surface area contributed by atoms with Gasteiger partial charge < -0.3 is 4.74 Å². The van der Waals surface area contributed by atoms with Gasteiger partial charge in [0.15, 0.2) is 5.82 Å². The molecule has 0 spiro atoms. The first-order valence-corrected chi connectivity index (χ1v) is 5.24. The molecular weight excluding hydrogens is 224 g/mol. The molecule has 3 nitrogen and oxygen atoms in total. The van der Waals surface area contributed by atoms with Gasteiger partial charge in [-0.2, -0.15) is 0 Å². The Labute approximate surface area is 99.1 Å². The van der Waals surface area contributed by atoms with Crippen molar-refractivity contribution in [1.29, 1.82) is 0 Å². The number of aromatic nitrogens is 2. The second kappa shape index (κ2) is 5.05. The van der Waals surface area contributed by atoms with Gasteiger partial charge >= 0.3 is 0 Å². The summed E-state index contributed by atoms with van der Waals surface area (Å²) in [6, 6.07) is 9.55. The van der Waals surface area contributed by atoms with Crippen molar-refractivity contribution >= 4 is 11.6 Å². The van der Waals surface area contributed by atoms with Crippen molar-refractivity contribution in [2.45, 2.75) is 6.61 Å². The molecule has 1 aromatic heterocycles. The second-order valence-electron chi connectivity index (χ2n) is 3.34. The standard InChI is InChI=1S/C12H11ClN2O/c1-16-8-9-3-2-4-10(7-9)12-14-6-5-11(13)15-12/h2-7H,8H2,1H3. The molecule has 16 heavy (non-hydrogen) atoms. The predicted octanol–water partition coefficient (Wildman–Crippen LogP) is 2.94. The second-order valence-corrected chi connectivity index (χ2v) is 3.72. The average Bonchev–Trinajstić information content (AvgIpc) is 2.30. The summed E-state index contributed by atoms with van der Waals surface area (Å²) in [4.78, 5) is 8.33. The molecule has 82 valence electrons. The van der Waals surface area contributed by atoms with E-state index in [9.17, 15) is 0 Å². The molecule has 0 saturated heterocycles. The fraction of sp³-hybridized carbons (Fsp3) is 0.167. The number of hydrogen-bond acceptors (Lipinski definition) is 3. The van der Waals surface area contributed by atoms with Gasteiger partial charge in [-0.05, 0) is 17.7 Å². The first kappa shape index (κ1) is 11.0. The number of nitrogens with zero attached hydrogens (tertiary/aromatic N) is 2. The van der Waals surface area contributed by atoms with Gasteiger partial charge in [-0.25, -0.2) is 9.97 Å². The van der Waals surface area contributed by atoms with E-state index in [1.807, 2.05) is 24.3 Å². The van der Waals surface area contributed by atoms with E-state index in [0.717, 1.165) is 11.1 Å². The monoisotopic (exact) mass is 234 g/mol. The average molecular weight is 235 g/mol. The van der Waals surface area contributed by atoms with Crippen LogP contribution in [0.2, 0.25) is 5.15 Å². The van der Waals surface area contributed by atoms with Crippen molar-refractivity contribution in [1.82, 2.24) is 9.97 Å². The van der Waals surface area contributed by atoms with Crippen LogP contribution in [0.5, 0.6) is 0 Å². The van der Waals surface area contributed by atoms with Crippen molar-refractivity contribution in [2.75, 3.05) is 7.11 Å². The maximum atomic E-state index is 5.82. The zero-order chi connectivity index (χ0) is 11.4. The highest BCUT2D eigenvalue weighted by atomic mass is 35.5. The molecule has 0 aliphatic rings. The van der Waals surface area contributed by atoms with E-state index >= 15 is 0 Å². The van der Waals surface area contributed by atoms with E-state index in [4.69, 9.17) is 16.3 Å². The zero-order valence-electron chi connectivity index (χ0n) is 8.85. The van der Waals surface area contributed by atoms with Gasteiger partial charge in [0, 0.05) is 18.9 Å². The molecule has 1 aromatic carbocycles. The number of rotatable bonds is 3. The molecular formula is C12H11ClN2O. The van der Waals surface area contributed by atoms with Crippen LogP contribution in [-0.4, -0.2) is 17.1 Å². The highest BCUT2D eigenvalue weighted by Gasteiger charge is 2.02. The molecule has 0 radical (unpaired) electrons. The summed E-state index contributed by atoms with van der Waals surface area (Å²) < 4.78 is 5.08. The maximum absolute atomic E-state index is 5.82. The van der Waals surface area contributed by atoms with E-state index in [0.29, 0.717) is 17.6 Å². The smallest absolute Gasteiger partial charge is 0.160 e. The van der Waals surface area contributed by atoms with Gasteiger partial charge in [0.05, 0.1) is 6.61 Å². The van der Waals surface area contributed by atoms with E-state index in [-0.39, 0.29) is 0 Å². The summed E-state index contributed by atoms with van der Waals surface area (Å²) in [5.74, 6) is 0.630. The van der Waals surface area contributed by atoms with Gasteiger partial charge in [-0.3, -0.25) is 0 Å². The Hall–Kier alpha value is -1.45. The van der Waals surface area contributed by atoms with Crippen LogP contribution in [0.1, 0.15) is 5.56 Å². The molecule has 0 aliphatic carbocycles. The van der Waals surface area contributed by atoms with Crippen LogP contribution < -0.4 is 0 Å². The fourth-order valence-electron chi connectivity index (χ4n) is 1.44. The van der Waals surface area contributed by atoms with Crippen molar-refractivity contribution in [3.63, 3.8) is 0 Å². The van der Waals surface area contributed by atoms with Gasteiger partial charge in [-0.15, -0.1) is 0 Å². The predicted molar refractivity (Wildman–Crippen MR) is 63.2 cm³/mol. The lowest BCUT2D eigenvalue weighted by atomic mass is 10.1. The Morgan fingerprint density at radius 2 is 2.19 bits per heavy atom. The molecule has 0 aliphatic heterocycles. The third-order valence-corrected chi connectivity index (χ3v) is 2.33. The van der Waals surface area contributed by atoms with E-state index in [1.54, 1.807) is 19.4 Å². The molecule has 1 heterocycles. The Kier molecular flexibility index (Phi) is 3.49. The quantitative estimate of drug-likeness (QED) is 0.766. The van der Waals surface area contributed by atoms with E-state index < -0.39 is 0 Å². The topological polar surface area (TPSA) is 35.0 Å². The molecule has 0 amide bonds. The summed E-state index contributed by atoms with van der Waals surface area (Å²) >= 11 is 5.82. The Morgan fingerprint density at radius 3 is 2.94 bits per heavy atom. The van der Waals surface area contributed by atoms with Gasteiger partial charge in [0.2, 0.25) is 0 Å². The van der Waals surface area contributed by atoms with Crippen LogP contribution >= 0.6 is 11.6 Å². The SMILES string of the molecule is COCc1cccc(-c2nccc(Cl)n2)c1. The summed E-state index contributed by atoms with van der Waals surface area (Å²) in [6.45, 7) is 0.578. The first-order chi connectivity index (χ1) is 7.79. The molecule has 0 saturated carbocycles. The minimum atomic E-state index is 0.446. The Balaban J connectivity index is 2.36. The zero-order valence-corrected chi connectivity index (χ0v) is 9.61. The summed E-state index contributed by atoms with van der Waals surface area (Å²) in [6.07, 6.45) is 1.65. The largest absolute Gasteiger partial charge is 0.380 e.